The first kappa shape index (κ1) is 62.2. The normalized spacial score (nSPS) is 20.5. The number of carbonyl (C=O) groups is 2. The van der Waals surface area contributed by atoms with Crippen molar-refractivity contribution in [1.82, 2.24) is 0 Å². The summed E-state index contributed by atoms with van der Waals surface area (Å²) in [5.41, 5.74) is 8.63. The minimum Gasteiger partial charge on any atom is -0.462 e. The average molecular weight is 962 g/mol. The summed E-state index contributed by atoms with van der Waals surface area (Å²) in [5.74, 6) is 0.218. The third-order valence-electron chi connectivity index (χ3n) is 14.3. The van der Waals surface area contributed by atoms with E-state index in [2.05, 4.69) is 174 Å². The van der Waals surface area contributed by atoms with Gasteiger partial charge in [-0.2, -0.15) is 0 Å². The average Bonchev–Trinajstić information content (AvgIpc) is 3.28. The standard InChI is InChI=1S/C66H104O4/c1-13-15-17-19-21-23-24-26-28-30-32-44-64(68)70-60-50-58(8)62(66(11,12)52-60)48-46-56(6)42-36-40-54(4)38-34-33-37-53(3)39-35-41-55(5)45-47-61-57(7)49-59(51-65(61,9)10)69-63(67)43-31-29-27-25-22-20-18-16-14-2/h33-42,45-48,50,59-60,62H,13-32,43-44,49,51-52H2,1-12H3/b34-33+,39-35+,40-36+,47-45+,48-46+,53-37+,54-38+,55-41+,56-42+/t59-,60+,62+/m1/s1. The fourth-order valence-corrected chi connectivity index (χ4v) is 10.2. The minimum atomic E-state index is -0.142. The van der Waals surface area contributed by atoms with Crippen LogP contribution in [0.25, 0.3) is 0 Å². The van der Waals surface area contributed by atoms with E-state index in [4.69, 9.17) is 9.47 Å². The van der Waals surface area contributed by atoms with Crippen LogP contribution in [0.1, 0.15) is 244 Å². The number of ether oxygens (including phenoxy) is 2. The lowest BCUT2D eigenvalue weighted by molar-refractivity contribution is -0.151. The maximum atomic E-state index is 12.7. The lowest BCUT2D eigenvalue weighted by atomic mass is 9.67. The Morgan fingerprint density at radius 3 is 1.41 bits per heavy atom. The van der Waals surface area contributed by atoms with Gasteiger partial charge in [0, 0.05) is 25.2 Å². The van der Waals surface area contributed by atoms with E-state index in [0.29, 0.717) is 18.8 Å². The minimum absolute atomic E-state index is 0.00359. The van der Waals surface area contributed by atoms with Gasteiger partial charge in [0.25, 0.3) is 0 Å². The molecule has 0 N–H and O–H groups in total. The first-order valence-electron chi connectivity index (χ1n) is 28.3. The van der Waals surface area contributed by atoms with Crippen molar-refractivity contribution in [2.24, 2.45) is 16.7 Å². The van der Waals surface area contributed by atoms with Gasteiger partial charge in [0.15, 0.2) is 0 Å². The highest BCUT2D eigenvalue weighted by atomic mass is 16.5. The molecule has 0 unspecified atom stereocenters. The number of hydrogen-bond acceptors (Lipinski definition) is 4. The molecule has 0 aromatic heterocycles. The second-order valence-corrected chi connectivity index (χ2v) is 22.5. The molecule has 0 saturated carbocycles. The topological polar surface area (TPSA) is 52.6 Å². The molecular formula is C66H104O4. The quantitative estimate of drug-likeness (QED) is 0.0279. The number of esters is 2. The van der Waals surface area contributed by atoms with Crippen LogP contribution in [0.15, 0.2) is 130 Å². The Balaban J connectivity index is 1.78. The van der Waals surface area contributed by atoms with Crippen molar-refractivity contribution in [3.8, 4) is 0 Å². The van der Waals surface area contributed by atoms with Crippen molar-refractivity contribution in [1.29, 1.82) is 0 Å². The number of hydrogen-bond donors (Lipinski definition) is 0. The van der Waals surface area contributed by atoms with Gasteiger partial charge in [0.1, 0.15) is 12.2 Å². The first-order chi connectivity index (χ1) is 33.5. The van der Waals surface area contributed by atoms with Crippen LogP contribution in [0.2, 0.25) is 0 Å². The van der Waals surface area contributed by atoms with Crippen molar-refractivity contribution >= 4 is 11.9 Å². The second kappa shape index (κ2) is 36.1. The van der Waals surface area contributed by atoms with Crippen molar-refractivity contribution in [2.75, 3.05) is 0 Å². The molecule has 4 nitrogen and oxygen atoms in total. The lowest BCUT2D eigenvalue weighted by Gasteiger charge is -2.40. The summed E-state index contributed by atoms with van der Waals surface area (Å²) in [6, 6.07) is 0. The van der Waals surface area contributed by atoms with Gasteiger partial charge in [0.2, 0.25) is 0 Å². The van der Waals surface area contributed by atoms with Crippen LogP contribution in [0, 0.1) is 16.7 Å². The van der Waals surface area contributed by atoms with Gasteiger partial charge >= 0.3 is 11.9 Å². The molecule has 4 heteroatoms. The van der Waals surface area contributed by atoms with E-state index in [-0.39, 0.29) is 35.0 Å². The van der Waals surface area contributed by atoms with Gasteiger partial charge < -0.3 is 9.47 Å². The molecule has 0 aromatic rings. The monoisotopic (exact) mass is 961 g/mol. The van der Waals surface area contributed by atoms with Crippen LogP contribution in [-0.2, 0) is 19.1 Å². The third-order valence-corrected chi connectivity index (χ3v) is 14.3. The molecule has 0 bridgehead atoms. The number of unbranched alkanes of at least 4 members (excludes halogenated alkanes) is 18. The van der Waals surface area contributed by atoms with Gasteiger partial charge in [-0.15, -0.1) is 0 Å². The third kappa shape index (κ3) is 28.2. The molecule has 3 atom stereocenters. The number of rotatable bonds is 34. The zero-order valence-electron chi connectivity index (χ0n) is 47.2. The van der Waals surface area contributed by atoms with Crippen LogP contribution < -0.4 is 0 Å². The molecule has 0 amide bonds. The molecule has 0 heterocycles. The van der Waals surface area contributed by atoms with Gasteiger partial charge in [-0.05, 0) is 89.7 Å². The molecule has 392 valence electrons. The molecule has 0 radical (unpaired) electrons. The van der Waals surface area contributed by atoms with E-state index in [1.165, 1.54) is 142 Å². The Kier molecular flexibility index (Phi) is 32.0. The summed E-state index contributed by atoms with van der Waals surface area (Å²) >= 11 is 0. The summed E-state index contributed by atoms with van der Waals surface area (Å²) in [6.07, 6.45) is 61.2. The highest BCUT2D eigenvalue weighted by Gasteiger charge is 2.37. The van der Waals surface area contributed by atoms with Crippen molar-refractivity contribution < 1.29 is 19.1 Å². The van der Waals surface area contributed by atoms with Crippen LogP contribution in [0.3, 0.4) is 0 Å². The molecule has 0 spiro atoms. The van der Waals surface area contributed by atoms with Crippen molar-refractivity contribution in [3.05, 3.63) is 130 Å². The Bertz CT molecular complexity index is 1880. The smallest absolute Gasteiger partial charge is 0.306 e. The molecular weight excluding hydrogens is 857 g/mol. The molecule has 2 aliphatic rings. The highest BCUT2D eigenvalue weighted by molar-refractivity contribution is 5.70. The van der Waals surface area contributed by atoms with Gasteiger partial charge in [-0.3, -0.25) is 9.59 Å². The van der Waals surface area contributed by atoms with Gasteiger partial charge in [0.05, 0.1) is 0 Å². The van der Waals surface area contributed by atoms with Crippen molar-refractivity contribution in [2.45, 2.75) is 256 Å². The molecule has 2 rings (SSSR count). The predicted molar refractivity (Wildman–Crippen MR) is 305 cm³/mol. The van der Waals surface area contributed by atoms with Crippen molar-refractivity contribution in [3.63, 3.8) is 0 Å². The van der Waals surface area contributed by atoms with E-state index < -0.39 is 0 Å². The van der Waals surface area contributed by atoms with E-state index in [9.17, 15) is 9.59 Å². The fourth-order valence-electron chi connectivity index (χ4n) is 10.2. The van der Waals surface area contributed by atoms with E-state index in [0.717, 1.165) is 44.9 Å². The zero-order valence-corrected chi connectivity index (χ0v) is 47.2. The summed E-state index contributed by atoms with van der Waals surface area (Å²) in [7, 11) is 0. The summed E-state index contributed by atoms with van der Waals surface area (Å²) < 4.78 is 12.0. The van der Waals surface area contributed by atoms with E-state index in [1.54, 1.807) is 0 Å². The zero-order chi connectivity index (χ0) is 51.6. The molecule has 2 aliphatic carbocycles. The summed E-state index contributed by atoms with van der Waals surface area (Å²) in [6.45, 7) is 26.6. The Hall–Kier alpha value is -3.92. The second-order valence-electron chi connectivity index (χ2n) is 22.5. The Morgan fingerprint density at radius 1 is 0.543 bits per heavy atom. The Morgan fingerprint density at radius 2 is 0.957 bits per heavy atom. The maximum Gasteiger partial charge on any atom is 0.306 e. The highest BCUT2D eigenvalue weighted by Crippen LogP contribution is 2.44. The van der Waals surface area contributed by atoms with Gasteiger partial charge in [-0.25, -0.2) is 0 Å². The molecule has 0 aromatic carbocycles. The first-order valence-corrected chi connectivity index (χ1v) is 28.3. The van der Waals surface area contributed by atoms with Gasteiger partial charge in [-0.1, -0.05) is 276 Å². The van der Waals surface area contributed by atoms with Crippen LogP contribution in [0.4, 0.5) is 0 Å². The fraction of sp³-hybridized carbons (Fsp3) is 0.636. The SMILES string of the molecule is CCCCCCCCCCCCCC(=O)O[C@H]1C=C(C)[C@H](/C=C/C(C)=C/C=C/C(C)=C/C=C/C=C(C)/C=C/C=C(C)/C=C/C2=C(C)C[C@@H](OC(=O)CCCCCCCCCCC)CC2(C)C)C(C)(C)C1. The Labute approximate surface area is 431 Å². The largest absolute Gasteiger partial charge is 0.462 e. The number of allylic oxidation sites excluding steroid dienone is 20. The lowest BCUT2D eigenvalue weighted by Crippen LogP contribution is -2.34. The molecule has 0 aliphatic heterocycles. The maximum absolute atomic E-state index is 12.7. The van der Waals surface area contributed by atoms with E-state index >= 15 is 0 Å². The summed E-state index contributed by atoms with van der Waals surface area (Å²) in [5, 5.41) is 0. The summed E-state index contributed by atoms with van der Waals surface area (Å²) in [4.78, 5) is 25.4. The molecule has 70 heavy (non-hydrogen) atoms. The van der Waals surface area contributed by atoms with Crippen LogP contribution in [0.5, 0.6) is 0 Å². The number of carbonyl (C=O) groups excluding carboxylic acids is 2. The van der Waals surface area contributed by atoms with Crippen LogP contribution >= 0.6 is 0 Å². The molecule has 0 fully saturated rings. The molecule has 0 saturated heterocycles. The predicted octanol–water partition coefficient (Wildman–Crippen LogP) is 20.1. The van der Waals surface area contributed by atoms with Crippen LogP contribution in [-0.4, -0.2) is 24.1 Å². The van der Waals surface area contributed by atoms with E-state index in [1.807, 2.05) is 0 Å².